The number of hydrogen-bond acceptors (Lipinski definition) is 5. The molecule has 0 fully saturated rings. The maximum atomic E-state index is 12.0. The van der Waals surface area contributed by atoms with Crippen molar-refractivity contribution in [1.29, 1.82) is 0 Å². The van der Waals surface area contributed by atoms with Crippen LogP contribution < -0.4 is 4.90 Å². The van der Waals surface area contributed by atoms with Gasteiger partial charge in [-0.25, -0.2) is 4.79 Å². The molecule has 1 N–H and O–H groups in total. The summed E-state index contributed by atoms with van der Waals surface area (Å²) < 4.78 is 5.05. The van der Waals surface area contributed by atoms with Gasteiger partial charge in [-0.15, -0.1) is 11.3 Å². The molecule has 0 aliphatic carbocycles. The molecule has 1 aromatic rings. The fourth-order valence-corrected chi connectivity index (χ4v) is 2.87. The van der Waals surface area contributed by atoms with Crippen LogP contribution in [0.2, 0.25) is 0 Å². The van der Waals surface area contributed by atoms with Crippen LogP contribution in [-0.2, 0) is 16.0 Å². The quantitative estimate of drug-likeness (QED) is 0.784. The zero-order valence-corrected chi connectivity index (χ0v) is 13.1. The molecule has 0 aliphatic heterocycles. The Kier molecular flexibility index (Phi) is 6.01. The summed E-state index contributed by atoms with van der Waals surface area (Å²) in [5.41, 5.74) is 0.522. The Hall–Kier alpha value is -1.56. The molecule has 0 radical (unpaired) electrons. The van der Waals surface area contributed by atoms with Gasteiger partial charge >= 0.3 is 11.9 Å². The van der Waals surface area contributed by atoms with Gasteiger partial charge in [0.25, 0.3) is 0 Å². The van der Waals surface area contributed by atoms with Crippen molar-refractivity contribution in [2.24, 2.45) is 5.92 Å². The highest BCUT2D eigenvalue weighted by Crippen LogP contribution is 2.32. The Morgan fingerprint density at radius 1 is 1.45 bits per heavy atom. The summed E-state index contributed by atoms with van der Waals surface area (Å²) >= 11 is 1.51. The van der Waals surface area contributed by atoms with Crippen LogP contribution in [0.25, 0.3) is 0 Å². The Labute approximate surface area is 123 Å². The number of carbonyl (C=O) groups is 2. The summed E-state index contributed by atoms with van der Waals surface area (Å²) in [5.74, 6) is -1.70. The SMILES string of the molecule is CCOC(=O)c1cc(CC)sc1N(C)CC(C)C(=O)O. The maximum Gasteiger partial charge on any atom is 0.341 e. The van der Waals surface area contributed by atoms with Crippen molar-refractivity contribution in [1.82, 2.24) is 0 Å². The van der Waals surface area contributed by atoms with E-state index in [0.29, 0.717) is 18.7 Å². The predicted octanol–water partition coefficient (Wildman–Crippen LogP) is 2.64. The van der Waals surface area contributed by atoms with Crippen LogP contribution in [0, 0.1) is 5.92 Å². The second-order valence-corrected chi connectivity index (χ2v) is 5.74. The summed E-state index contributed by atoms with van der Waals surface area (Å²) in [7, 11) is 1.80. The van der Waals surface area contributed by atoms with E-state index in [1.165, 1.54) is 11.3 Å². The molecule has 0 saturated carbocycles. The summed E-state index contributed by atoms with van der Waals surface area (Å²) in [5, 5.41) is 9.75. The number of ether oxygens (including phenoxy) is 1. The molecule has 112 valence electrons. The van der Waals surface area contributed by atoms with E-state index < -0.39 is 11.9 Å². The first kappa shape index (κ1) is 16.5. The minimum atomic E-state index is -0.846. The number of esters is 1. The van der Waals surface area contributed by atoms with E-state index in [4.69, 9.17) is 9.84 Å². The smallest absolute Gasteiger partial charge is 0.341 e. The van der Waals surface area contributed by atoms with E-state index in [2.05, 4.69) is 0 Å². The van der Waals surface area contributed by atoms with Crippen molar-refractivity contribution in [2.45, 2.75) is 27.2 Å². The lowest BCUT2D eigenvalue weighted by Crippen LogP contribution is -2.28. The molecule has 0 aromatic carbocycles. The zero-order valence-electron chi connectivity index (χ0n) is 12.3. The number of anilines is 1. The highest BCUT2D eigenvalue weighted by atomic mass is 32.1. The molecule has 1 heterocycles. The molecule has 0 spiro atoms. The zero-order chi connectivity index (χ0) is 15.3. The lowest BCUT2D eigenvalue weighted by atomic mass is 10.1. The highest BCUT2D eigenvalue weighted by Gasteiger charge is 2.22. The second-order valence-electron chi connectivity index (χ2n) is 4.63. The van der Waals surface area contributed by atoms with Crippen LogP contribution in [0.15, 0.2) is 6.07 Å². The van der Waals surface area contributed by atoms with Crippen LogP contribution in [0.1, 0.15) is 36.0 Å². The van der Waals surface area contributed by atoms with Crippen molar-refractivity contribution < 1.29 is 19.4 Å². The van der Waals surface area contributed by atoms with E-state index in [9.17, 15) is 9.59 Å². The Morgan fingerprint density at radius 3 is 2.60 bits per heavy atom. The number of aliphatic carboxylic acids is 1. The van der Waals surface area contributed by atoms with E-state index in [1.54, 1.807) is 20.9 Å². The van der Waals surface area contributed by atoms with Gasteiger partial charge in [-0.1, -0.05) is 13.8 Å². The van der Waals surface area contributed by atoms with Gasteiger partial charge in [0, 0.05) is 18.5 Å². The van der Waals surface area contributed by atoms with Crippen molar-refractivity contribution in [3.8, 4) is 0 Å². The van der Waals surface area contributed by atoms with Crippen LogP contribution in [-0.4, -0.2) is 37.2 Å². The topological polar surface area (TPSA) is 66.8 Å². The summed E-state index contributed by atoms with van der Waals surface area (Å²) in [6.07, 6.45) is 0.833. The van der Waals surface area contributed by atoms with Crippen molar-refractivity contribution in [3.05, 3.63) is 16.5 Å². The monoisotopic (exact) mass is 299 g/mol. The first-order chi connectivity index (χ1) is 9.40. The van der Waals surface area contributed by atoms with Gasteiger partial charge < -0.3 is 14.7 Å². The number of thiophene rings is 1. The molecule has 1 unspecified atom stereocenters. The van der Waals surface area contributed by atoms with Gasteiger partial charge in [0.05, 0.1) is 18.1 Å². The molecule has 0 amide bonds. The Balaban J connectivity index is 2.99. The molecule has 1 atom stereocenters. The average molecular weight is 299 g/mol. The normalized spacial score (nSPS) is 12.0. The van der Waals surface area contributed by atoms with Crippen LogP contribution in [0.3, 0.4) is 0 Å². The van der Waals surface area contributed by atoms with Crippen LogP contribution in [0.5, 0.6) is 0 Å². The number of carbonyl (C=O) groups excluding carboxylic acids is 1. The first-order valence-electron chi connectivity index (χ1n) is 6.64. The van der Waals surface area contributed by atoms with Gasteiger partial charge in [0.1, 0.15) is 5.00 Å². The third-order valence-corrected chi connectivity index (χ3v) is 4.32. The molecule has 20 heavy (non-hydrogen) atoms. The molecule has 0 saturated heterocycles. The lowest BCUT2D eigenvalue weighted by molar-refractivity contribution is -0.140. The Morgan fingerprint density at radius 2 is 2.10 bits per heavy atom. The van der Waals surface area contributed by atoms with Crippen molar-refractivity contribution >= 4 is 28.3 Å². The number of rotatable bonds is 7. The van der Waals surface area contributed by atoms with E-state index in [-0.39, 0.29) is 5.97 Å². The van der Waals surface area contributed by atoms with E-state index >= 15 is 0 Å². The largest absolute Gasteiger partial charge is 0.481 e. The van der Waals surface area contributed by atoms with Gasteiger partial charge in [-0.3, -0.25) is 4.79 Å². The van der Waals surface area contributed by atoms with Gasteiger partial charge in [-0.05, 0) is 19.4 Å². The fourth-order valence-electron chi connectivity index (χ4n) is 1.82. The third kappa shape index (κ3) is 3.96. The Bertz CT molecular complexity index is 484. The fraction of sp³-hybridized carbons (Fsp3) is 0.571. The summed E-state index contributed by atoms with van der Waals surface area (Å²) in [6, 6.07) is 1.83. The summed E-state index contributed by atoms with van der Waals surface area (Å²) in [4.78, 5) is 25.8. The van der Waals surface area contributed by atoms with Gasteiger partial charge in [-0.2, -0.15) is 0 Å². The number of aryl methyl sites for hydroxylation is 1. The minimum Gasteiger partial charge on any atom is -0.481 e. The molecule has 1 rings (SSSR count). The second kappa shape index (κ2) is 7.28. The van der Waals surface area contributed by atoms with Crippen molar-refractivity contribution in [3.63, 3.8) is 0 Å². The lowest BCUT2D eigenvalue weighted by Gasteiger charge is -2.20. The molecular formula is C14H21NO4S. The van der Waals surface area contributed by atoms with Gasteiger partial charge in [0.2, 0.25) is 0 Å². The third-order valence-electron chi connectivity index (χ3n) is 2.92. The number of hydrogen-bond donors (Lipinski definition) is 1. The van der Waals surface area contributed by atoms with Gasteiger partial charge in [0.15, 0.2) is 0 Å². The van der Waals surface area contributed by atoms with Crippen LogP contribution in [0.4, 0.5) is 5.00 Å². The number of carboxylic acid groups (broad SMARTS) is 1. The molecule has 5 nitrogen and oxygen atoms in total. The summed E-state index contributed by atoms with van der Waals surface area (Å²) in [6.45, 7) is 6.11. The minimum absolute atomic E-state index is 0.324. The highest BCUT2D eigenvalue weighted by molar-refractivity contribution is 7.16. The van der Waals surface area contributed by atoms with Crippen molar-refractivity contribution in [2.75, 3.05) is 25.1 Å². The molecule has 6 heteroatoms. The standard InChI is InChI=1S/C14H21NO4S/c1-5-10-7-11(14(18)19-6-2)12(20-10)15(4)8-9(3)13(16)17/h7,9H,5-6,8H2,1-4H3,(H,16,17). The number of carboxylic acids is 1. The van der Waals surface area contributed by atoms with E-state index in [1.807, 2.05) is 17.9 Å². The molecule has 0 bridgehead atoms. The number of nitrogens with zero attached hydrogens (tertiary/aromatic N) is 1. The van der Waals surface area contributed by atoms with Crippen LogP contribution >= 0.6 is 11.3 Å². The van der Waals surface area contributed by atoms with E-state index in [0.717, 1.165) is 16.3 Å². The molecule has 1 aromatic heterocycles. The average Bonchev–Trinajstić information content (AvgIpc) is 2.83. The first-order valence-corrected chi connectivity index (χ1v) is 7.46. The predicted molar refractivity (Wildman–Crippen MR) is 79.7 cm³/mol. The molecular weight excluding hydrogens is 278 g/mol. The maximum absolute atomic E-state index is 12.0. The molecule has 0 aliphatic rings.